The van der Waals surface area contributed by atoms with Gasteiger partial charge in [-0.1, -0.05) is 0 Å². The quantitative estimate of drug-likeness (QED) is 0.489. The van der Waals surface area contributed by atoms with Crippen molar-refractivity contribution in [2.45, 2.75) is 42.3 Å². The molecular weight excluding hydrogens is 490 g/mol. The zero-order valence-electron chi connectivity index (χ0n) is 14.8. The number of ether oxygens (including phenoxy) is 3. The molecule has 0 aliphatic carbocycles. The average Bonchev–Trinajstić information content (AvgIpc) is 3.24. The summed E-state index contributed by atoms with van der Waals surface area (Å²) in [5.74, 6) is -8.45. The molecule has 0 radical (unpaired) electrons. The Kier molecular flexibility index (Phi) is 6.49. The second-order valence-electron chi connectivity index (χ2n) is 6.08. The highest BCUT2D eigenvalue weighted by Gasteiger charge is 2.78. The van der Waals surface area contributed by atoms with E-state index < -0.39 is 67.2 Å². The van der Waals surface area contributed by atoms with Crippen LogP contribution >= 0.6 is 0 Å². The van der Waals surface area contributed by atoms with Gasteiger partial charge in [0, 0.05) is 0 Å². The van der Waals surface area contributed by atoms with Crippen molar-refractivity contribution in [2.75, 3.05) is 13.2 Å². The van der Waals surface area contributed by atoms with Crippen LogP contribution < -0.4 is 5.32 Å². The number of hydrogen-bond donors (Lipinski definition) is 1. The van der Waals surface area contributed by atoms with Crippen LogP contribution in [-0.4, -0.2) is 61.4 Å². The van der Waals surface area contributed by atoms with E-state index in [1.54, 1.807) is 0 Å². The molecule has 1 amide bonds. The molecule has 0 aromatic carbocycles. The maximum atomic E-state index is 13.4. The zero-order valence-corrected chi connectivity index (χ0v) is 14.8. The van der Waals surface area contributed by atoms with Gasteiger partial charge in [0.2, 0.25) is 0 Å². The third-order valence-corrected chi connectivity index (χ3v) is 3.87. The summed E-state index contributed by atoms with van der Waals surface area (Å²) in [5.41, 5.74) is -5.55. The molecule has 0 spiro atoms. The van der Waals surface area contributed by atoms with Gasteiger partial charge in [0.15, 0.2) is 5.76 Å². The molecule has 1 atom stereocenters. The molecule has 1 saturated heterocycles. The Morgan fingerprint density at radius 1 is 1.00 bits per heavy atom. The minimum atomic E-state index is -6.49. The number of carbonyl (C=O) groups excluding carboxylic acids is 1. The van der Waals surface area contributed by atoms with Crippen LogP contribution in [-0.2, 0) is 14.2 Å². The normalized spacial score (nSPS) is 20.4. The van der Waals surface area contributed by atoms with Crippen LogP contribution in [0.25, 0.3) is 0 Å². The Balaban J connectivity index is 2.33. The lowest BCUT2D eigenvalue weighted by atomic mass is 10.1. The zero-order chi connectivity index (χ0) is 24.8. The van der Waals surface area contributed by atoms with E-state index >= 15 is 0 Å². The standard InChI is InChI=1S/C14H9F12NO5/c15-11(16,17)9(12(18,19)20,27-8(28)7-2-1-3-29-7)30-4-6-5-31-10(32-6,13(21,22)23)14(24,25)26/h1-3,6H,4-5H2,(H,27,28)/t6-/m0/s1. The number of furan rings is 1. The van der Waals surface area contributed by atoms with Crippen LogP contribution in [0.5, 0.6) is 0 Å². The van der Waals surface area contributed by atoms with Gasteiger partial charge in [-0.05, 0) is 12.1 Å². The molecule has 184 valence electrons. The highest BCUT2D eigenvalue weighted by Crippen LogP contribution is 2.50. The van der Waals surface area contributed by atoms with Gasteiger partial charge in [-0.15, -0.1) is 0 Å². The molecule has 18 heteroatoms. The summed E-state index contributed by atoms with van der Waals surface area (Å²) in [5, 5.41) is 0.472. The molecule has 1 aromatic rings. The predicted octanol–water partition coefficient (Wildman–Crippen LogP) is 4.08. The van der Waals surface area contributed by atoms with Crippen molar-refractivity contribution < 1.29 is 76.1 Å². The van der Waals surface area contributed by atoms with Crippen LogP contribution in [0.2, 0.25) is 0 Å². The van der Waals surface area contributed by atoms with Crippen LogP contribution in [0.4, 0.5) is 52.7 Å². The van der Waals surface area contributed by atoms with Crippen LogP contribution in [0, 0.1) is 0 Å². The number of hydrogen-bond acceptors (Lipinski definition) is 5. The molecule has 6 nitrogen and oxygen atoms in total. The fraction of sp³-hybridized carbons (Fsp3) is 0.643. The minimum absolute atomic E-state index is 0.472. The van der Waals surface area contributed by atoms with Gasteiger partial charge in [0.25, 0.3) is 5.91 Å². The first kappa shape index (κ1) is 26.0. The van der Waals surface area contributed by atoms with E-state index in [4.69, 9.17) is 0 Å². The SMILES string of the molecule is O=C(NC(OC[C@H]1COC(C(F)(F)F)(C(F)(F)F)O1)(C(F)(F)F)C(F)(F)F)c1ccco1. The van der Waals surface area contributed by atoms with E-state index in [1.165, 1.54) is 0 Å². The largest absolute Gasteiger partial charge is 0.459 e. The van der Waals surface area contributed by atoms with Gasteiger partial charge in [-0.2, -0.15) is 52.7 Å². The summed E-state index contributed by atoms with van der Waals surface area (Å²) in [6.45, 7) is -3.89. The summed E-state index contributed by atoms with van der Waals surface area (Å²) in [7, 11) is 0. The molecule has 1 aliphatic rings. The fourth-order valence-corrected chi connectivity index (χ4v) is 2.40. The average molecular weight is 499 g/mol. The molecule has 1 aliphatic heterocycles. The van der Waals surface area contributed by atoms with Gasteiger partial charge in [0.1, 0.15) is 6.10 Å². The first-order chi connectivity index (χ1) is 14.3. The third-order valence-electron chi connectivity index (χ3n) is 3.87. The van der Waals surface area contributed by atoms with Crippen molar-refractivity contribution in [1.82, 2.24) is 5.32 Å². The molecule has 2 heterocycles. The Morgan fingerprint density at radius 2 is 1.53 bits per heavy atom. The Labute approximate surface area is 168 Å². The van der Waals surface area contributed by atoms with E-state index in [0.717, 1.165) is 12.3 Å². The lowest BCUT2D eigenvalue weighted by molar-refractivity contribution is -0.445. The Bertz CT molecular complexity index is 767. The van der Waals surface area contributed by atoms with Crippen LogP contribution in [0.15, 0.2) is 22.8 Å². The first-order valence-electron chi connectivity index (χ1n) is 7.86. The Hall–Kier alpha value is -2.21. The number of alkyl halides is 12. The number of carbonyl (C=O) groups is 1. The lowest BCUT2D eigenvalue weighted by Gasteiger charge is -2.37. The van der Waals surface area contributed by atoms with Crippen LogP contribution in [0.1, 0.15) is 10.6 Å². The van der Waals surface area contributed by atoms with Gasteiger partial charge in [0.05, 0.1) is 19.5 Å². The van der Waals surface area contributed by atoms with Gasteiger partial charge in [-0.3, -0.25) is 4.79 Å². The minimum Gasteiger partial charge on any atom is -0.459 e. The molecular formula is C14H9F12NO5. The first-order valence-corrected chi connectivity index (χ1v) is 7.86. The number of rotatable bonds is 5. The summed E-state index contributed by atoms with van der Waals surface area (Å²) >= 11 is 0. The summed E-state index contributed by atoms with van der Waals surface area (Å²) in [6, 6.07) is 1.60. The van der Waals surface area contributed by atoms with Crippen molar-refractivity contribution in [2.24, 2.45) is 0 Å². The summed E-state index contributed by atoms with van der Waals surface area (Å²) in [6.07, 6.45) is -27.5. The summed E-state index contributed by atoms with van der Waals surface area (Å²) < 4.78 is 172. The second-order valence-corrected chi connectivity index (χ2v) is 6.08. The molecule has 1 N–H and O–H groups in total. The van der Waals surface area contributed by atoms with E-state index in [9.17, 15) is 57.5 Å². The molecule has 1 aromatic heterocycles. The molecule has 2 rings (SSSR count). The predicted molar refractivity (Wildman–Crippen MR) is 72.6 cm³/mol. The molecule has 1 fully saturated rings. The second kappa shape index (κ2) is 7.98. The van der Waals surface area contributed by atoms with E-state index in [-0.39, 0.29) is 0 Å². The molecule has 0 saturated carbocycles. The van der Waals surface area contributed by atoms with Crippen molar-refractivity contribution >= 4 is 5.91 Å². The maximum Gasteiger partial charge on any atom is 0.453 e. The van der Waals surface area contributed by atoms with Crippen molar-refractivity contribution in [3.63, 3.8) is 0 Å². The lowest BCUT2D eigenvalue weighted by Crippen LogP contribution is -2.69. The van der Waals surface area contributed by atoms with E-state index in [1.807, 2.05) is 0 Å². The van der Waals surface area contributed by atoms with Gasteiger partial charge in [-0.25, -0.2) is 0 Å². The summed E-state index contributed by atoms with van der Waals surface area (Å²) in [4.78, 5) is 11.7. The number of halogens is 12. The van der Waals surface area contributed by atoms with Crippen molar-refractivity contribution in [1.29, 1.82) is 0 Å². The number of nitrogens with one attached hydrogen (secondary N) is 1. The smallest absolute Gasteiger partial charge is 0.453 e. The van der Waals surface area contributed by atoms with Gasteiger partial charge >= 0.3 is 36.2 Å². The van der Waals surface area contributed by atoms with Gasteiger partial charge < -0.3 is 23.9 Å². The highest BCUT2D eigenvalue weighted by atomic mass is 19.4. The van der Waals surface area contributed by atoms with E-state index in [2.05, 4.69) is 18.6 Å². The van der Waals surface area contributed by atoms with E-state index in [0.29, 0.717) is 11.4 Å². The van der Waals surface area contributed by atoms with Crippen LogP contribution in [0.3, 0.4) is 0 Å². The van der Waals surface area contributed by atoms with Crippen molar-refractivity contribution in [3.05, 3.63) is 24.2 Å². The fourth-order valence-electron chi connectivity index (χ4n) is 2.40. The molecule has 0 unspecified atom stereocenters. The maximum absolute atomic E-state index is 13.4. The molecule has 0 bridgehead atoms. The highest BCUT2D eigenvalue weighted by molar-refractivity contribution is 5.91. The Morgan fingerprint density at radius 3 is 1.91 bits per heavy atom. The topological polar surface area (TPSA) is 69.9 Å². The third kappa shape index (κ3) is 4.47. The monoisotopic (exact) mass is 499 g/mol. The number of amides is 1. The van der Waals surface area contributed by atoms with Crippen molar-refractivity contribution in [3.8, 4) is 0 Å². The molecule has 32 heavy (non-hydrogen) atoms.